The first-order valence-electron chi connectivity index (χ1n) is 8.15. The van der Waals surface area contributed by atoms with Crippen molar-refractivity contribution in [2.45, 2.75) is 6.42 Å². The van der Waals surface area contributed by atoms with E-state index in [9.17, 15) is 4.79 Å². The first kappa shape index (κ1) is 24.0. The second kappa shape index (κ2) is 16.4. The fraction of sp³-hybridized carbons (Fsp3) is 0.562. The van der Waals surface area contributed by atoms with E-state index in [0.717, 1.165) is 6.42 Å². The number of ether oxygens (including phenoxy) is 3. The van der Waals surface area contributed by atoms with Crippen molar-refractivity contribution in [1.82, 2.24) is 5.32 Å². The number of carbonyl (C=O) groups excluding carboxylic acids is 1. The molecule has 0 radical (unpaired) electrons. The second-order valence-electron chi connectivity index (χ2n) is 4.95. The van der Waals surface area contributed by atoms with Gasteiger partial charge in [0.15, 0.2) is 0 Å². The standard InChI is InChI=1S/C16H25N5O4.ClH/c17-6-1-9-25-15-4-2-14(3-5-15)16(22)19-7-10-23-12-13-24-11-8-20-21-18;/h2-5H,1,6-13,17H2,(H,19,22);1H. The van der Waals surface area contributed by atoms with Crippen LogP contribution in [0.25, 0.3) is 10.4 Å². The molecule has 0 unspecified atom stereocenters. The molecule has 0 saturated heterocycles. The largest absolute Gasteiger partial charge is 0.494 e. The van der Waals surface area contributed by atoms with Crippen molar-refractivity contribution in [3.05, 3.63) is 40.3 Å². The minimum absolute atomic E-state index is 0. The summed E-state index contributed by atoms with van der Waals surface area (Å²) < 4.78 is 16.0. The van der Waals surface area contributed by atoms with Gasteiger partial charge in [0.25, 0.3) is 5.91 Å². The molecular weight excluding hydrogens is 362 g/mol. The van der Waals surface area contributed by atoms with Crippen LogP contribution >= 0.6 is 12.4 Å². The lowest BCUT2D eigenvalue weighted by Crippen LogP contribution is -2.27. The van der Waals surface area contributed by atoms with E-state index in [-0.39, 0.29) is 18.3 Å². The van der Waals surface area contributed by atoms with Gasteiger partial charge in [-0.25, -0.2) is 0 Å². The van der Waals surface area contributed by atoms with Crippen molar-refractivity contribution < 1.29 is 19.0 Å². The quantitative estimate of drug-likeness (QED) is 0.218. The van der Waals surface area contributed by atoms with Gasteiger partial charge in [0.1, 0.15) is 5.75 Å². The van der Waals surface area contributed by atoms with Crippen LogP contribution in [0.5, 0.6) is 5.75 Å². The molecule has 0 fully saturated rings. The highest BCUT2D eigenvalue weighted by Crippen LogP contribution is 2.12. The number of carbonyl (C=O) groups is 1. The Balaban J connectivity index is 0.00000625. The molecule has 1 rings (SSSR count). The van der Waals surface area contributed by atoms with Crippen LogP contribution in [0.15, 0.2) is 29.4 Å². The summed E-state index contributed by atoms with van der Waals surface area (Å²) in [6.45, 7) is 3.47. The SMILES string of the molecule is Cl.[N-]=[N+]=NCCOCCOCCNC(=O)c1ccc(OCCCN)cc1. The van der Waals surface area contributed by atoms with E-state index in [1.165, 1.54) is 0 Å². The average Bonchev–Trinajstić information content (AvgIpc) is 2.64. The summed E-state index contributed by atoms with van der Waals surface area (Å²) in [6, 6.07) is 6.95. The van der Waals surface area contributed by atoms with Gasteiger partial charge in [-0.3, -0.25) is 4.79 Å². The van der Waals surface area contributed by atoms with E-state index >= 15 is 0 Å². The molecule has 9 nitrogen and oxygen atoms in total. The summed E-state index contributed by atoms with van der Waals surface area (Å²) in [5, 5.41) is 6.12. The zero-order valence-electron chi connectivity index (χ0n) is 14.6. The van der Waals surface area contributed by atoms with E-state index in [1.807, 2.05) is 0 Å². The Morgan fingerprint density at radius 1 is 1.12 bits per heavy atom. The van der Waals surface area contributed by atoms with Crippen LogP contribution in [-0.2, 0) is 9.47 Å². The smallest absolute Gasteiger partial charge is 0.251 e. The van der Waals surface area contributed by atoms with E-state index in [1.54, 1.807) is 24.3 Å². The van der Waals surface area contributed by atoms with Crippen LogP contribution in [0, 0.1) is 0 Å². The fourth-order valence-electron chi connectivity index (χ4n) is 1.79. The van der Waals surface area contributed by atoms with Crippen LogP contribution in [0.3, 0.4) is 0 Å². The first-order chi connectivity index (χ1) is 12.3. The summed E-state index contributed by atoms with van der Waals surface area (Å²) in [5.74, 6) is 0.552. The Morgan fingerprint density at radius 3 is 2.46 bits per heavy atom. The first-order valence-corrected chi connectivity index (χ1v) is 8.15. The van der Waals surface area contributed by atoms with Gasteiger partial charge >= 0.3 is 0 Å². The zero-order chi connectivity index (χ0) is 18.2. The monoisotopic (exact) mass is 387 g/mol. The Morgan fingerprint density at radius 2 is 1.81 bits per heavy atom. The topological polar surface area (TPSA) is 132 Å². The number of nitrogens with zero attached hydrogens (tertiary/aromatic N) is 3. The summed E-state index contributed by atoms with van der Waals surface area (Å²) in [4.78, 5) is 14.6. The summed E-state index contributed by atoms with van der Waals surface area (Å²) >= 11 is 0. The maximum absolute atomic E-state index is 12.0. The van der Waals surface area contributed by atoms with Crippen molar-refractivity contribution in [3.63, 3.8) is 0 Å². The van der Waals surface area contributed by atoms with Crippen LogP contribution < -0.4 is 15.8 Å². The molecule has 0 aliphatic carbocycles. The van der Waals surface area contributed by atoms with Crippen LogP contribution in [0.2, 0.25) is 0 Å². The zero-order valence-corrected chi connectivity index (χ0v) is 15.5. The van der Waals surface area contributed by atoms with Gasteiger partial charge in [0, 0.05) is 23.6 Å². The Bertz CT molecular complexity index is 538. The Kier molecular flexibility index (Phi) is 15.2. The molecule has 0 atom stereocenters. The molecule has 0 aromatic heterocycles. The number of hydrogen-bond acceptors (Lipinski definition) is 6. The number of azide groups is 1. The highest BCUT2D eigenvalue weighted by molar-refractivity contribution is 5.94. The van der Waals surface area contributed by atoms with Gasteiger partial charge in [-0.05, 0) is 42.8 Å². The average molecular weight is 388 g/mol. The van der Waals surface area contributed by atoms with Gasteiger partial charge in [-0.2, -0.15) is 0 Å². The fourth-order valence-corrected chi connectivity index (χ4v) is 1.79. The third-order valence-corrected chi connectivity index (χ3v) is 3.04. The number of amides is 1. The number of benzene rings is 1. The number of nitrogens with one attached hydrogen (secondary N) is 1. The minimum Gasteiger partial charge on any atom is -0.494 e. The molecule has 10 heteroatoms. The van der Waals surface area contributed by atoms with Crippen molar-refractivity contribution in [2.75, 3.05) is 52.7 Å². The lowest BCUT2D eigenvalue weighted by molar-refractivity contribution is 0.0511. The second-order valence-corrected chi connectivity index (χ2v) is 4.95. The number of rotatable bonds is 14. The van der Waals surface area contributed by atoms with Gasteiger partial charge in [-0.1, -0.05) is 5.11 Å². The van der Waals surface area contributed by atoms with Crippen molar-refractivity contribution in [1.29, 1.82) is 0 Å². The molecule has 0 saturated carbocycles. The molecular formula is C16H26ClN5O4. The van der Waals surface area contributed by atoms with E-state index in [2.05, 4.69) is 15.3 Å². The predicted molar refractivity (Wildman–Crippen MR) is 101 cm³/mol. The van der Waals surface area contributed by atoms with Crippen molar-refractivity contribution in [3.8, 4) is 5.75 Å². The molecule has 0 heterocycles. The van der Waals surface area contributed by atoms with Crippen LogP contribution in [0.1, 0.15) is 16.8 Å². The van der Waals surface area contributed by atoms with E-state index in [4.69, 9.17) is 25.5 Å². The highest BCUT2D eigenvalue weighted by atomic mass is 35.5. The molecule has 0 spiro atoms. The normalized spacial score (nSPS) is 9.73. The third-order valence-electron chi connectivity index (χ3n) is 3.04. The van der Waals surface area contributed by atoms with Crippen LogP contribution in [0.4, 0.5) is 0 Å². The van der Waals surface area contributed by atoms with Gasteiger partial charge in [0.2, 0.25) is 0 Å². The maximum atomic E-state index is 12.0. The van der Waals surface area contributed by atoms with Gasteiger partial charge in [0.05, 0.1) is 33.0 Å². The maximum Gasteiger partial charge on any atom is 0.251 e. The Labute approximate surface area is 159 Å². The molecule has 0 aliphatic heterocycles. The van der Waals surface area contributed by atoms with Gasteiger partial charge < -0.3 is 25.3 Å². The summed E-state index contributed by atoms with van der Waals surface area (Å²) in [5.41, 5.74) is 14.0. The van der Waals surface area contributed by atoms with Crippen LogP contribution in [-0.4, -0.2) is 58.6 Å². The molecule has 146 valence electrons. The molecule has 1 amide bonds. The number of hydrogen-bond donors (Lipinski definition) is 2. The molecule has 1 aromatic rings. The molecule has 0 bridgehead atoms. The molecule has 0 aliphatic rings. The van der Waals surface area contributed by atoms with Crippen molar-refractivity contribution >= 4 is 18.3 Å². The van der Waals surface area contributed by atoms with E-state index < -0.39 is 0 Å². The number of nitrogens with two attached hydrogens (primary N) is 1. The lowest BCUT2D eigenvalue weighted by Gasteiger charge is -2.08. The number of halogens is 1. The molecule has 3 N–H and O–H groups in total. The van der Waals surface area contributed by atoms with E-state index in [0.29, 0.717) is 64.0 Å². The molecule has 26 heavy (non-hydrogen) atoms. The third kappa shape index (κ3) is 11.5. The summed E-state index contributed by atoms with van der Waals surface area (Å²) in [6.07, 6.45) is 0.793. The Hall–Kier alpha value is -2.03. The minimum atomic E-state index is -0.164. The molecule has 1 aromatic carbocycles. The lowest BCUT2D eigenvalue weighted by atomic mass is 10.2. The predicted octanol–water partition coefficient (Wildman–Crippen LogP) is 1.91. The van der Waals surface area contributed by atoms with Gasteiger partial charge in [-0.15, -0.1) is 12.4 Å². The van der Waals surface area contributed by atoms with Crippen molar-refractivity contribution in [2.24, 2.45) is 10.8 Å². The summed E-state index contributed by atoms with van der Waals surface area (Å²) in [7, 11) is 0. The highest BCUT2D eigenvalue weighted by Gasteiger charge is 2.05.